The van der Waals surface area contributed by atoms with E-state index in [4.69, 9.17) is 5.26 Å². The van der Waals surface area contributed by atoms with Crippen LogP contribution in [0.3, 0.4) is 0 Å². The fraction of sp³-hybridized carbons (Fsp3) is 0. The highest BCUT2D eigenvalue weighted by molar-refractivity contribution is 9.10. The summed E-state index contributed by atoms with van der Waals surface area (Å²) in [5.74, 6) is 0. The minimum absolute atomic E-state index is 0.384. The average Bonchev–Trinajstić information content (AvgIpc) is 2.42. The summed E-state index contributed by atoms with van der Waals surface area (Å²) < 4.78 is 0.790. The lowest BCUT2D eigenvalue weighted by Crippen LogP contribution is -2.19. The standard InChI is InChI=1S/C14H10BrN3O/c15-11-6-7-13(10(8-11)9-16)18-14(19)17-12-4-2-1-3-5-12/h1-8H,(H2,17,18,19). The van der Waals surface area contributed by atoms with E-state index in [0.29, 0.717) is 16.9 Å². The van der Waals surface area contributed by atoms with Gasteiger partial charge in [-0.2, -0.15) is 5.26 Å². The molecule has 0 aliphatic heterocycles. The first-order chi connectivity index (χ1) is 9.19. The average molecular weight is 316 g/mol. The molecule has 0 bridgehead atoms. The molecular weight excluding hydrogens is 306 g/mol. The number of carbonyl (C=O) groups excluding carboxylic acids is 1. The van der Waals surface area contributed by atoms with E-state index in [9.17, 15) is 4.79 Å². The maximum Gasteiger partial charge on any atom is 0.323 e. The Morgan fingerprint density at radius 1 is 1.11 bits per heavy atom. The molecule has 0 saturated heterocycles. The molecule has 0 aliphatic carbocycles. The number of benzene rings is 2. The Labute approximate surface area is 119 Å². The second kappa shape index (κ2) is 6.03. The van der Waals surface area contributed by atoms with Gasteiger partial charge >= 0.3 is 6.03 Å². The molecule has 0 aromatic heterocycles. The van der Waals surface area contributed by atoms with Crippen LogP contribution in [0.1, 0.15) is 5.56 Å². The third kappa shape index (κ3) is 3.57. The van der Waals surface area contributed by atoms with Crippen LogP contribution in [-0.2, 0) is 0 Å². The molecule has 0 aliphatic rings. The van der Waals surface area contributed by atoms with Gasteiger partial charge in [0.15, 0.2) is 0 Å². The van der Waals surface area contributed by atoms with Gasteiger partial charge in [-0.05, 0) is 30.3 Å². The van der Waals surface area contributed by atoms with E-state index in [0.717, 1.165) is 4.47 Å². The summed E-state index contributed by atoms with van der Waals surface area (Å²) in [4.78, 5) is 11.8. The Kier molecular flexibility index (Phi) is 4.16. The lowest BCUT2D eigenvalue weighted by atomic mass is 10.2. The zero-order valence-electron chi connectivity index (χ0n) is 9.85. The van der Waals surface area contributed by atoms with Crippen LogP contribution in [0.25, 0.3) is 0 Å². The van der Waals surface area contributed by atoms with Gasteiger partial charge in [0.05, 0.1) is 11.3 Å². The minimum Gasteiger partial charge on any atom is -0.308 e. The fourth-order valence-corrected chi connectivity index (χ4v) is 1.89. The third-order valence-electron chi connectivity index (χ3n) is 2.38. The summed E-state index contributed by atoms with van der Waals surface area (Å²) >= 11 is 3.28. The lowest BCUT2D eigenvalue weighted by Gasteiger charge is -2.09. The number of hydrogen-bond acceptors (Lipinski definition) is 2. The van der Waals surface area contributed by atoms with Crippen LogP contribution in [0.5, 0.6) is 0 Å². The van der Waals surface area contributed by atoms with Gasteiger partial charge in [0.25, 0.3) is 0 Å². The summed E-state index contributed by atoms with van der Waals surface area (Å²) in [6.07, 6.45) is 0. The van der Waals surface area contributed by atoms with Crippen molar-refractivity contribution in [1.29, 1.82) is 5.26 Å². The predicted octanol–water partition coefficient (Wildman–Crippen LogP) is 3.96. The van der Waals surface area contributed by atoms with Gasteiger partial charge in [-0.15, -0.1) is 0 Å². The summed E-state index contributed by atoms with van der Waals surface area (Å²) in [7, 11) is 0. The van der Waals surface area contributed by atoms with Crippen molar-refractivity contribution >= 4 is 33.3 Å². The van der Waals surface area contributed by atoms with Crippen LogP contribution >= 0.6 is 15.9 Å². The topological polar surface area (TPSA) is 64.9 Å². The number of hydrogen-bond donors (Lipinski definition) is 2. The fourth-order valence-electron chi connectivity index (χ4n) is 1.52. The number of para-hydroxylation sites is 1. The largest absolute Gasteiger partial charge is 0.323 e. The molecule has 4 nitrogen and oxygen atoms in total. The molecule has 5 heteroatoms. The molecule has 0 atom stereocenters. The summed E-state index contributed by atoms with van der Waals surface area (Å²) in [6.45, 7) is 0. The number of urea groups is 1. The van der Waals surface area contributed by atoms with E-state index in [1.165, 1.54) is 0 Å². The number of anilines is 2. The molecule has 2 amide bonds. The normalized spacial score (nSPS) is 9.47. The molecular formula is C14H10BrN3O. The van der Waals surface area contributed by atoms with Gasteiger partial charge in [-0.25, -0.2) is 4.79 Å². The van der Waals surface area contributed by atoms with Crippen LogP contribution in [-0.4, -0.2) is 6.03 Å². The Morgan fingerprint density at radius 2 is 1.84 bits per heavy atom. The zero-order valence-corrected chi connectivity index (χ0v) is 11.4. The van der Waals surface area contributed by atoms with Gasteiger partial charge < -0.3 is 10.6 Å². The summed E-state index contributed by atoms with van der Waals surface area (Å²) in [6, 6.07) is 15.8. The third-order valence-corrected chi connectivity index (χ3v) is 2.88. The molecule has 94 valence electrons. The molecule has 0 fully saturated rings. The van der Waals surface area contributed by atoms with Crippen LogP contribution < -0.4 is 10.6 Å². The first kappa shape index (κ1) is 13.1. The SMILES string of the molecule is N#Cc1cc(Br)ccc1NC(=O)Nc1ccccc1. The van der Waals surface area contributed by atoms with E-state index in [1.807, 2.05) is 24.3 Å². The predicted molar refractivity (Wildman–Crippen MR) is 77.9 cm³/mol. The first-order valence-electron chi connectivity index (χ1n) is 5.52. The number of nitriles is 1. The van der Waals surface area contributed by atoms with E-state index in [1.54, 1.807) is 30.3 Å². The quantitative estimate of drug-likeness (QED) is 0.880. The molecule has 2 aromatic rings. The Balaban J connectivity index is 2.10. The number of nitrogens with zero attached hydrogens (tertiary/aromatic N) is 1. The summed E-state index contributed by atoms with van der Waals surface area (Å²) in [5.41, 5.74) is 1.56. The number of carbonyl (C=O) groups is 1. The molecule has 0 radical (unpaired) electrons. The van der Waals surface area contributed by atoms with Crippen molar-refractivity contribution in [3.63, 3.8) is 0 Å². The van der Waals surface area contributed by atoms with Crippen LogP contribution in [0.15, 0.2) is 53.0 Å². The smallest absolute Gasteiger partial charge is 0.308 e. The number of nitrogens with one attached hydrogen (secondary N) is 2. The second-order valence-corrected chi connectivity index (χ2v) is 4.66. The molecule has 2 aromatic carbocycles. The maximum atomic E-state index is 11.8. The van der Waals surface area contributed by atoms with Gasteiger partial charge in [-0.3, -0.25) is 0 Å². The van der Waals surface area contributed by atoms with Crippen molar-refractivity contribution in [2.24, 2.45) is 0 Å². The van der Waals surface area contributed by atoms with Crippen LogP contribution in [0, 0.1) is 11.3 Å². The van der Waals surface area contributed by atoms with Crippen LogP contribution in [0.2, 0.25) is 0 Å². The van der Waals surface area contributed by atoms with Crippen molar-refractivity contribution in [3.8, 4) is 6.07 Å². The van der Waals surface area contributed by atoms with E-state index >= 15 is 0 Å². The molecule has 0 spiro atoms. The second-order valence-electron chi connectivity index (χ2n) is 3.75. The molecule has 0 unspecified atom stereocenters. The number of rotatable bonds is 2. The van der Waals surface area contributed by atoms with Crippen molar-refractivity contribution in [3.05, 3.63) is 58.6 Å². The minimum atomic E-state index is -0.384. The molecule has 0 saturated carbocycles. The highest BCUT2D eigenvalue weighted by Crippen LogP contribution is 2.20. The van der Waals surface area contributed by atoms with Gasteiger partial charge in [0, 0.05) is 10.2 Å². The van der Waals surface area contributed by atoms with E-state index < -0.39 is 0 Å². The number of amides is 2. The Morgan fingerprint density at radius 3 is 2.53 bits per heavy atom. The zero-order chi connectivity index (χ0) is 13.7. The van der Waals surface area contributed by atoms with E-state index in [-0.39, 0.29) is 6.03 Å². The Hall–Kier alpha value is -2.32. The Bertz CT molecular complexity index is 635. The van der Waals surface area contributed by atoms with Gasteiger partial charge in [-0.1, -0.05) is 34.1 Å². The molecule has 2 N–H and O–H groups in total. The highest BCUT2D eigenvalue weighted by Gasteiger charge is 2.07. The molecule has 0 heterocycles. The first-order valence-corrected chi connectivity index (χ1v) is 6.31. The molecule has 2 rings (SSSR count). The van der Waals surface area contributed by atoms with Crippen molar-refractivity contribution in [1.82, 2.24) is 0 Å². The summed E-state index contributed by atoms with van der Waals surface area (Å²) in [5, 5.41) is 14.3. The monoisotopic (exact) mass is 315 g/mol. The number of halogens is 1. The molecule has 19 heavy (non-hydrogen) atoms. The maximum absolute atomic E-state index is 11.8. The van der Waals surface area contributed by atoms with Gasteiger partial charge in [0.1, 0.15) is 6.07 Å². The van der Waals surface area contributed by atoms with Crippen LogP contribution in [0.4, 0.5) is 16.2 Å². The van der Waals surface area contributed by atoms with E-state index in [2.05, 4.69) is 26.6 Å². The van der Waals surface area contributed by atoms with Crippen molar-refractivity contribution in [2.75, 3.05) is 10.6 Å². The van der Waals surface area contributed by atoms with Crippen molar-refractivity contribution < 1.29 is 4.79 Å². The highest BCUT2D eigenvalue weighted by atomic mass is 79.9. The van der Waals surface area contributed by atoms with Gasteiger partial charge in [0.2, 0.25) is 0 Å². The van der Waals surface area contributed by atoms with Crippen molar-refractivity contribution in [2.45, 2.75) is 0 Å². The lowest BCUT2D eigenvalue weighted by molar-refractivity contribution is 0.262.